The smallest absolute Gasteiger partial charge is 0.240 e. The number of hydrogen-bond donors (Lipinski definition) is 2. The number of anilines is 1. The molecule has 0 fully saturated rings. The van der Waals surface area contributed by atoms with Gasteiger partial charge in [-0.15, -0.1) is 0 Å². The molecule has 2 rings (SSSR count). The Hall–Kier alpha value is -3.35. The topological polar surface area (TPSA) is 89.0 Å². The standard InChI is InChI=1S/C21H25N3O4/c1-3-14-28-21-16(8-7-11-18(21)27-2)15-22-24-20(26)13-12-19(25)23-17-9-5-4-6-10-17/h4-11,15H,3,12-14H2,1-2H3,(H,23,25)(H,24,26). The van der Waals surface area contributed by atoms with Crippen LogP contribution in [-0.4, -0.2) is 31.7 Å². The van der Waals surface area contributed by atoms with Gasteiger partial charge in [-0.3, -0.25) is 9.59 Å². The van der Waals surface area contributed by atoms with Crippen molar-refractivity contribution in [3.05, 3.63) is 54.1 Å². The Morgan fingerprint density at radius 3 is 2.50 bits per heavy atom. The van der Waals surface area contributed by atoms with E-state index in [2.05, 4.69) is 15.8 Å². The summed E-state index contributed by atoms with van der Waals surface area (Å²) in [6, 6.07) is 14.5. The van der Waals surface area contributed by atoms with Crippen LogP contribution in [0.15, 0.2) is 53.6 Å². The molecular formula is C21H25N3O4. The lowest BCUT2D eigenvalue weighted by molar-refractivity contribution is -0.124. The van der Waals surface area contributed by atoms with Gasteiger partial charge in [0.15, 0.2) is 11.5 Å². The highest BCUT2D eigenvalue weighted by atomic mass is 16.5. The van der Waals surface area contributed by atoms with Crippen LogP contribution in [0, 0.1) is 0 Å². The summed E-state index contributed by atoms with van der Waals surface area (Å²) in [5, 5.41) is 6.69. The first-order chi connectivity index (χ1) is 13.6. The predicted molar refractivity (Wildman–Crippen MR) is 109 cm³/mol. The average Bonchev–Trinajstić information content (AvgIpc) is 2.71. The molecule has 0 spiro atoms. The fourth-order valence-electron chi connectivity index (χ4n) is 2.36. The van der Waals surface area contributed by atoms with Gasteiger partial charge in [0.1, 0.15) is 0 Å². The molecular weight excluding hydrogens is 358 g/mol. The van der Waals surface area contributed by atoms with Crippen molar-refractivity contribution in [3.63, 3.8) is 0 Å². The highest BCUT2D eigenvalue weighted by molar-refractivity contribution is 5.93. The summed E-state index contributed by atoms with van der Waals surface area (Å²) in [5.74, 6) is 0.597. The zero-order chi connectivity index (χ0) is 20.2. The van der Waals surface area contributed by atoms with Crippen LogP contribution in [0.5, 0.6) is 11.5 Å². The molecule has 0 saturated heterocycles. The maximum Gasteiger partial charge on any atom is 0.240 e. The summed E-state index contributed by atoms with van der Waals surface area (Å²) in [7, 11) is 1.57. The van der Waals surface area contributed by atoms with Crippen molar-refractivity contribution >= 4 is 23.7 Å². The predicted octanol–water partition coefficient (Wildman–Crippen LogP) is 3.35. The molecule has 0 unspecified atom stereocenters. The van der Waals surface area contributed by atoms with Crippen molar-refractivity contribution in [2.45, 2.75) is 26.2 Å². The second-order valence-electron chi connectivity index (χ2n) is 5.93. The lowest BCUT2D eigenvalue weighted by Crippen LogP contribution is -2.20. The molecule has 28 heavy (non-hydrogen) atoms. The summed E-state index contributed by atoms with van der Waals surface area (Å²) in [6.45, 7) is 2.56. The van der Waals surface area contributed by atoms with Crippen molar-refractivity contribution in [3.8, 4) is 11.5 Å². The van der Waals surface area contributed by atoms with E-state index in [-0.39, 0.29) is 24.7 Å². The van der Waals surface area contributed by atoms with Gasteiger partial charge in [0.2, 0.25) is 11.8 Å². The van der Waals surface area contributed by atoms with Crippen molar-refractivity contribution < 1.29 is 19.1 Å². The Labute approximate surface area is 164 Å². The summed E-state index contributed by atoms with van der Waals surface area (Å²) in [5.41, 5.74) is 3.81. The Kier molecular flexibility index (Phi) is 8.52. The molecule has 148 valence electrons. The van der Waals surface area contributed by atoms with Gasteiger partial charge in [-0.25, -0.2) is 5.43 Å². The quantitative estimate of drug-likeness (QED) is 0.486. The molecule has 0 aromatic heterocycles. The first kappa shape index (κ1) is 21.0. The van der Waals surface area contributed by atoms with E-state index in [1.807, 2.05) is 37.3 Å². The SMILES string of the molecule is CCCOc1c(C=NNC(=O)CCC(=O)Nc2ccccc2)cccc1OC. The van der Waals surface area contributed by atoms with E-state index >= 15 is 0 Å². The van der Waals surface area contributed by atoms with Gasteiger partial charge in [0.25, 0.3) is 0 Å². The maximum absolute atomic E-state index is 11.9. The molecule has 0 bridgehead atoms. The first-order valence-corrected chi connectivity index (χ1v) is 9.10. The number of ether oxygens (including phenoxy) is 2. The Morgan fingerprint density at radius 2 is 1.79 bits per heavy atom. The summed E-state index contributed by atoms with van der Waals surface area (Å²) >= 11 is 0. The third-order valence-corrected chi connectivity index (χ3v) is 3.71. The number of nitrogens with zero attached hydrogens (tertiary/aromatic N) is 1. The molecule has 7 nitrogen and oxygen atoms in total. The van der Waals surface area contributed by atoms with Crippen LogP contribution in [0.2, 0.25) is 0 Å². The zero-order valence-electron chi connectivity index (χ0n) is 16.1. The minimum absolute atomic E-state index is 0.0350. The van der Waals surface area contributed by atoms with Crippen LogP contribution >= 0.6 is 0 Å². The summed E-state index contributed by atoms with van der Waals surface area (Å²) in [4.78, 5) is 23.8. The van der Waals surface area contributed by atoms with Gasteiger partial charge < -0.3 is 14.8 Å². The normalized spacial score (nSPS) is 10.5. The summed E-state index contributed by atoms with van der Waals surface area (Å²) < 4.78 is 11.0. The van der Waals surface area contributed by atoms with Gasteiger partial charge in [-0.2, -0.15) is 5.10 Å². The van der Waals surface area contributed by atoms with Crippen LogP contribution < -0.4 is 20.2 Å². The lowest BCUT2D eigenvalue weighted by Gasteiger charge is -2.12. The molecule has 2 N–H and O–H groups in total. The Bertz CT molecular complexity index is 807. The van der Waals surface area contributed by atoms with E-state index in [1.54, 1.807) is 25.3 Å². The van der Waals surface area contributed by atoms with Crippen LogP contribution in [0.1, 0.15) is 31.7 Å². The third-order valence-electron chi connectivity index (χ3n) is 3.71. The Balaban J connectivity index is 1.85. The van der Waals surface area contributed by atoms with E-state index in [4.69, 9.17) is 9.47 Å². The van der Waals surface area contributed by atoms with Crippen molar-refractivity contribution in [1.82, 2.24) is 5.43 Å². The van der Waals surface area contributed by atoms with Gasteiger partial charge in [0.05, 0.1) is 19.9 Å². The molecule has 0 atom stereocenters. The Morgan fingerprint density at radius 1 is 1.04 bits per heavy atom. The number of rotatable bonds is 10. The molecule has 0 aliphatic rings. The van der Waals surface area contributed by atoms with E-state index in [1.165, 1.54) is 6.21 Å². The van der Waals surface area contributed by atoms with Crippen molar-refractivity contribution in [2.24, 2.45) is 5.10 Å². The second-order valence-corrected chi connectivity index (χ2v) is 5.93. The molecule has 0 radical (unpaired) electrons. The van der Waals surface area contributed by atoms with Crippen LogP contribution in [0.25, 0.3) is 0 Å². The first-order valence-electron chi connectivity index (χ1n) is 9.10. The van der Waals surface area contributed by atoms with E-state index < -0.39 is 0 Å². The van der Waals surface area contributed by atoms with Crippen molar-refractivity contribution in [2.75, 3.05) is 19.0 Å². The van der Waals surface area contributed by atoms with Crippen molar-refractivity contribution in [1.29, 1.82) is 0 Å². The largest absolute Gasteiger partial charge is 0.493 e. The van der Waals surface area contributed by atoms with Crippen LogP contribution in [-0.2, 0) is 9.59 Å². The van der Waals surface area contributed by atoms with Crippen LogP contribution in [0.3, 0.4) is 0 Å². The number of carbonyl (C=O) groups is 2. The number of para-hydroxylation sites is 2. The van der Waals surface area contributed by atoms with Gasteiger partial charge >= 0.3 is 0 Å². The number of methoxy groups -OCH3 is 1. The number of carbonyl (C=O) groups excluding carboxylic acids is 2. The molecule has 0 aliphatic heterocycles. The number of benzene rings is 2. The molecule has 0 saturated carbocycles. The molecule has 2 aromatic rings. The summed E-state index contributed by atoms with van der Waals surface area (Å²) in [6.07, 6.45) is 2.46. The minimum Gasteiger partial charge on any atom is -0.493 e. The van der Waals surface area contributed by atoms with Gasteiger partial charge in [-0.1, -0.05) is 31.2 Å². The molecule has 0 heterocycles. The average molecular weight is 383 g/mol. The number of hydrazone groups is 1. The molecule has 2 amide bonds. The molecule has 0 aliphatic carbocycles. The fraction of sp³-hybridized carbons (Fsp3) is 0.286. The van der Waals surface area contributed by atoms with Crippen LogP contribution in [0.4, 0.5) is 5.69 Å². The number of hydrogen-bond acceptors (Lipinski definition) is 5. The van der Waals surface area contributed by atoms with E-state index in [9.17, 15) is 9.59 Å². The fourth-order valence-corrected chi connectivity index (χ4v) is 2.36. The maximum atomic E-state index is 11.9. The monoisotopic (exact) mass is 383 g/mol. The number of amides is 2. The molecule has 2 aromatic carbocycles. The third kappa shape index (κ3) is 6.75. The van der Waals surface area contributed by atoms with Gasteiger partial charge in [0, 0.05) is 24.1 Å². The highest BCUT2D eigenvalue weighted by Gasteiger charge is 2.10. The zero-order valence-corrected chi connectivity index (χ0v) is 16.1. The second kappa shape index (κ2) is 11.4. The number of nitrogens with one attached hydrogen (secondary N) is 2. The van der Waals surface area contributed by atoms with Gasteiger partial charge in [-0.05, 0) is 30.7 Å². The minimum atomic E-state index is -0.349. The van der Waals surface area contributed by atoms with E-state index in [0.29, 0.717) is 29.4 Å². The lowest BCUT2D eigenvalue weighted by atomic mass is 10.2. The highest BCUT2D eigenvalue weighted by Crippen LogP contribution is 2.30. The molecule has 7 heteroatoms. The van der Waals surface area contributed by atoms with E-state index in [0.717, 1.165) is 6.42 Å².